The van der Waals surface area contributed by atoms with Crippen LogP contribution in [0.1, 0.15) is 60.8 Å². The second kappa shape index (κ2) is 14.1. The fraction of sp³-hybridized carbons (Fsp3) is 0.760. The average molecular weight is 526 g/mol. The van der Waals surface area contributed by atoms with Gasteiger partial charge in [-0.3, -0.25) is 28.8 Å². The molecule has 0 aromatic rings. The molecule has 0 spiro atoms. The van der Waals surface area contributed by atoms with Crippen molar-refractivity contribution in [3.63, 3.8) is 0 Å². The monoisotopic (exact) mass is 525 g/mol. The molecule has 0 bridgehead atoms. The summed E-state index contributed by atoms with van der Waals surface area (Å²) < 4.78 is 5.92. The maximum Gasteiger partial charge on any atom is 0.248 e. The zero-order valence-electron chi connectivity index (χ0n) is 23.3. The minimum Gasteiger partial charge on any atom is -0.370 e. The number of ketones is 1. The van der Waals surface area contributed by atoms with Crippen LogP contribution in [0.4, 0.5) is 0 Å². The van der Waals surface area contributed by atoms with Crippen molar-refractivity contribution in [1.29, 1.82) is 0 Å². The maximum absolute atomic E-state index is 13.3. The van der Waals surface area contributed by atoms with Gasteiger partial charge < -0.3 is 30.5 Å². The van der Waals surface area contributed by atoms with Crippen LogP contribution in [0.5, 0.6) is 0 Å². The smallest absolute Gasteiger partial charge is 0.248 e. The molecule has 1 aliphatic heterocycles. The molecule has 1 fully saturated rings. The SMILES string of the molecule is CC[C@@H]1CC(=O)CNC(=O)[C@H](CC)NC(=O)CN(C)C(=O)[C@H]([C@@H](C)OC(C)(C)C)NC(=O)CN(C)C1=O. The number of carbonyl (C=O) groups is 6. The Morgan fingerprint density at radius 1 is 0.892 bits per heavy atom. The summed E-state index contributed by atoms with van der Waals surface area (Å²) in [6.45, 7) is 9.53. The van der Waals surface area contributed by atoms with E-state index in [-0.39, 0.29) is 38.3 Å². The number of likely N-dealkylation sites (N-methyl/N-ethyl adjacent to an activating group) is 2. The van der Waals surface area contributed by atoms with Gasteiger partial charge in [-0.15, -0.1) is 0 Å². The first-order valence-electron chi connectivity index (χ1n) is 12.6. The fourth-order valence-corrected chi connectivity index (χ4v) is 4.02. The van der Waals surface area contributed by atoms with Crippen LogP contribution < -0.4 is 16.0 Å². The summed E-state index contributed by atoms with van der Waals surface area (Å²) in [6, 6.07) is -2.04. The quantitative estimate of drug-likeness (QED) is 0.451. The lowest BCUT2D eigenvalue weighted by molar-refractivity contribution is -0.147. The highest BCUT2D eigenvalue weighted by Gasteiger charge is 2.34. The van der Waals surface area contributed by atoms with Crippen molar-refractivity contribution in [2.45, 2.75) is 84.6 Å². The lowest BCUT2D eigenvalue weighted by Gasteiger charge is -2.33. The Morgan fingerprint density at radius 2 is 1.43 bits per heavy atom. The number of ether oxygens (including phenoxy) is 1. The molecule has 37 heavy (non-hydrogen) atoms. The number of hydrogen-bond acceptors (Lipinski definition) is 7. The molecule has 1 saturated heterocycles. The summed E-state index contributed by atoms with van der Waals surface area (Å²) in [4.78, 5) is 79.1. The second-order valence-electron chi connectivity index (χ2n) is 10.5. The number of nitrogens with zero attached hydrogens (tertiary/aromatic N) is 2. The van der Waals surface area contributed by atoms with E-state index in [2.05, 4.69) is 16.0 Å². The van der Waals surface area contributed by atoms with E-state index in [9.17, 15) is 28.8 Å². The van der Waals surface area contributed by atoms with Crippen molar-refractivity contribution >= 4 is 35.3 Å². The standard InChI is InChI=1S/C25H43N5O7/c1-9-16-11-17(31)12-26-22(34)18(10-2)27-19(32)13-30(8)24(36)21(15(3)37-25(4,5)6)28-20(33)14-29(7)23(16)35/h15-16,18,21H,9-14H2,1-8H3,(H,26,34)(H,27,32)(H,28,33)/t15-,16-,18+,21+/m1/s1. The third-order valence-corrected chi connectivity index (χ3v) is 5.94. The number of Topliss-reactive ketones (excluding diaryl/α,β-unsaturated/α-hetero) is 1. The molecular weight excluding hydrogens is 482 g/mol. The molecule has 0 aliphatic carbocycles. The van der Waals surface area contributed by atoms with Crippen molar-refractivity contribution in [1.82, 2.24) is 25.8 Å². The molecule has 1 rings (SSSR count). The number of carbonyl (C=O) groups excluding carboxylic acids is 6. The van der Waals surface area contributed by atoms with Gasteiger partial charge in [0.05, 0.1) is 31.3 Å². The predicted octanol–water partition coefficient (Wildman–Crippen LogP) is -0.398. The van der Waals surface area contributed by atoms with Gasteiger partial charge in [0, 0.05) is 26.4 Å². The second-order valence-corrected chi connectivity index (χ2v) is 10.5. The third-order valence-electron chi connectivity index (χ3n) is 5.94. The number of rotatable bonds is 4. The molecule has 12 heteroatoms. The highest BCUT2D eigenvalue weighted by Crippen LogP contribution is 2.15. The van der Waals surface area contributed by atoms with E-state index in [0.29, 0.717) is 6.42 Å². The normalized spacial score (nSPS) is 25.1. The third kappa shape index (κ3) is 10.5. The molecule has 0 aromatic carbocycles. The largest absolute Gasteiger partial charge is 0.370 e. The van der Waals surface area contributed by atoms with Gasteiger partial charge >= 0.3 is 0 Å². The Balaban J connectivity index is 3.30. The van der Waals surface area contributed by atoms with E-state index in [1.807, 2.05) is 20.8 Å². The summed E-state index contributed by atoms with van der Waals surface area (Å²) in [5, 5.41) is 7.73. The van der Waals surface area contributed by atoms with Gasteiger partial charge in [0.1, 0.15) is 12.1 Å². The van der Waals surface area contributed by atoms with Gasteiger partial charge in [-0.05, 0) is 40.5 Å². The summed E-state index contributed by atoms with van der Waals surface area (Å²) in [5.74, 6) is -3.66. The zero-order chi connectivity index (χ0) is 28.5. The molecule has 12 nitrogen and oxygen atoms in total. The van der Waals surface area contributed by atoms with Crippen LogP contribution in [0.2, 0.25) is 0 Å². The molecule has 0 saturated carbocycles. The highest BCUT2D eigenvalue weighted by molar-refractivity contribution is 5.95. The Hall–Kier alpha value is -3.02. The first kappa shape index (κ1) is 32.0. The zero-order valence-corrected chi connectivity index (χ0v) is 23.3. The van der Waals surface area contributed by atoms with Gasteiger partial charge in [-0.2, -0.15) is 0 Å². The molecule has 5 amide bonds. The minimum absolute atomic E-state index is 0.104. The molecule has 210 valence electrons. The number of nitrogens with one attached hydrogen (secondary N) is 3. The van der Waals surface area contributed by atoms with Crippen LogP contribution in [0.3, 0.4) is 0 Å². The van der Waals surface area contributed by atoms with E-state index in [1.54, 1.807) is 20.8 Å². The first-order chi connectivity index (χ1) is 17.1. The van der Waals surface area contributed by atoms with Gasteiger partial charge in [-0.25, -0.2) is 0 Å². The van der Waals surface area contributed by atoms with Crippen LogP contribution in [-0.2, 0) is 33.5 Å². The molecule has 3 N–H and O–H groups in total. The summed E-state index contributed by atoms with van der Waals surface area (Å²) in [5.41, 5.74) is -0.623. The van der Waals surface area contributed by atoms with Crippen LogP contribution in [0.25, 0.3) is 0 Å². The molecule has 0 radical (unpaired) electrons. The first-order valence-corrected chi connectivity index (χ1v) is 12.6. The summed E-state index contributed by atoms with van der Waals surface area (Å²) >= 11 is 0. The summed E-state index contributed by atoms with van der Waals surface area (Å²) in [7, 11) is 2.85. The molecule has 1 aliphatic rings. The van der Waals surface area contributed by atoms with Crippen molar-refractivity contribution in [2.24, 2.45) is 5.92 Å². The van der Waals surface area contributed by atoms with E-state index >= 15 is 0 Å². The van der Waals surface area contributed by atoms with Gasteiger partial charge in [0.25, 0.3) is 0 Å². The fourth-order valence-electron chi connectivity index (χ4n) is 4.02. The number of hydrogen-bond donors (Lipinski definition) is 3. The lowest BCUT2D eigenvalue weighted by Crippen LogP contribution is -2.58. The molecule has 0 unspecified atom stereocenters. The highest BCUT2D eigenvalue weighted by atomic mass is 16.5. The van der Waals surface area contributed by atoms with E-state index in [4.69, 9.17) is 4.74 Å². The predicted molar refractivity (Wildman–Crippen MR) is 136 cm³/mol. The topological polar surface area (TPSA) is 154 Å². The van der Waals surface area contributed by atoms with Crippen LogP contribution >= 0.6 is 0 Å². The van der Waals surface area contributed by atoms with Crippen molar-refractivity contribution < 1.29 is 33.5 Å². The Bertz CT molecular complexity index is 870. The Morgan fingerprint density at radius 3 is 1.95 bits per heavy atom. The van der Waals surface area contributed by atoms with Crippen LogP contribution in [0.15, 0.2) is 0 Å². The minimum atomic E-state index is -1.14. The van der Waals surface area contributed by atoms with E-state index < -0.39 is 59.2 Å². The Kier molecular flexibility index (Phi) is 12.2. The van der Waals surface area contributed by atoms with Crippen LogP contribution in [-0.4, -0.2) is 103 Å². The van der Waals surface area contributed by atoms with Gasteiger partial charge in [0.2, 0.25) is 29.5 Å². The van der Waals surface area contributed by atoms with Crippen molar-refractivity contribution in [3.8, 4) is 0 Å². The Labute approximate surface area is 219 Å². The van der Waals surface area contributed by atoms with E-state index in [0.717, 1.165) is 4.90 Å². The maximum atomic E-state index is 13.3. The number of amides is 5. The summed E-state index contributed by atoms with van der Waals surface area (Å²) in [6.07, 6.45) is -0.240. The average Bonchev–Trinajstić information content (AvgIpc) is 2.79. The van der Waals surface area contributed by atoms with Gasteiger partial charge in [-0.1, -0.05) is 13.8 Å². The lowest BCUT2D eigenvalue weighted by atomic mass is 9.98. The van der Waals surface area contributed by atoms with Crippen molar-refractivity contribution in [2.75, 3.05) is 33.7 Å². The molecule has 0 aromatic heterocycles. The molecule has 1 heterocycles. The van der Waals surface area contributed by atoms with Gasteiger partial charge in [0.15, 0.2) is 5.78 Å². The van der Waals surface area contributed by atoms with Crippen LogP contribution in [0, 0.1) is 5.92 Å². The van der Waals surface area contributed by atoms with E-state index in [1.165, 1.54) is 19.0 Å². The molecule has 4 atom stereocenters. The molecular formula is C25H43N5O7. The van der Waals surface area contributed by atoms with Crippen molar-refractivity contribution in [3.05, 3.63) is 0 Å².